The fourth-order valence-electron chi connectivity index (χ4n) is 2.77. The molecule has 0 unspecified atom stereocenters. The van der Waals surface area contributed by atoms with Crippen molar-refractivity contribution in [1.82, 2.24) is 14.3 Å². The van der Waals surface area contributed by atoms with E-state index in [0.29, 0.717) is 29.4 Å². The van der Waals surface area contributed by atoms with Crippen molar-refractivity contribution in [3.63, 3.8) is 0 Å². The smallest absolute Gasteiger partial charge is 0.326 e. The van der Waals surface area contributed by atoms with E-state index in [-0.39, 0.29) is 17.2 Å². The maximum Gasteiger partial charge on any atom is 0.326 e. The van der Waals surface area contributed by atoms with Gasteiger partial charge in [-0.05, 0) is 19.3 Å². The molecule has 1 atom stereocenters. The van der Waals surface area contributed by atoms with Crippen LogP contribution in [0, 0.1) is 0 Å². The van der Waals surface area contributed by atoms with Gasteiger partial charge in [-0.2, -0.15) is 0 Å². The van der Waals surface area contributed by atoms with Crippen LogP contribution in [0.15, 0.2) is 22.4 Å². The van der Waals surface area contributed by atoms with Crippen LogP contribution in [-0.4, -0.2) is 49.6 Å². The van der Waals surface area contributed by atoms with Crippen LogP contribution in [0.3, 0.4) is 0 Å². The number of nitrogens with zero attached hydrogens (tertiary/aromatic N) is 3. The Kier molecular flexibility index (Phi) is 5.20. The van der Waals surface area contributed by atoms with Crippen LogP contribution >= 0.6 is 23.1 Å². The number of carboxylic acid groups (broad SMARTS) is 1. The lowest BCUT2D eigenvalue weighted by Crippen LogP contribution is -2.48. The molecule has 2 aromatic heterocycles. The molecule has 1 N–H and O–H groups in total. The fourth-order valence-corrected chi connectivity index (χ4v) is 4.31. The zero-order valence-electron chi connectivity index (χ0n) is 12.9. The topological polar surface area (TPSA) is 92.0 Å². The Hall–Kier alpha value is -1.87. The van der Waals surface area contributed by atoms with Crippen LogP contribution in [0.25, 0.3) is 4.96 Å². The molecule has 0 aliphatic carbocycles. The fraction of sp³-hybridized carbons (Fsp3) is 0.467. The molecular weight excluding hydrogens is 350 g/mol. The molecule has 0 spiro atoms. The van der Waals surface area contributed by atoms with Crippen LogP contribution in [0.1, 0.15) is 25.0 Å². The number of hydrogen-bond donors (Lipinski definition) is 1. The molecule has 0 saturated carbocycles. The van der Waals surface area contributed by atoms with Crippen LogP contribution < -0.4 is 5.56 Å². The lowest BCUT2D eigenvalue weighted by atomic mass is 10.0. The van der Waals surface area contributed by atoms with Crippen LogP contribution in [0.5, 0.6) is 0 Å². The van der Waals surface area contributed by atoms with E-state index in [4.69, 9.17) is 0 Å². The number of carboxylic acids is 1. The predicted octanol–water partition coefficient (Wildman–Crippen LogP) is 1.45. The number of aromatic nitrogens is 2. The summed E-state index contributed by atoms with van der Waals surface area (Å²) in [6, 6.07) is 0.759. The van der Waals surface area contributed by atoms with Gasteiger partial charge in [0.2, 0.25) is 5.91 Å². The second-order valence-corrected chi connectivity index (χ2v) is 7.43. The average molecular weight is 367 g/mol. The van der Waals surface area contributed by atoms with Gasteiger partial charge in [0.1, 0.15) is 6.04 Å². The number of carbonyl (C=O) groups is 2. The Labute approximate surface area is 146 Å². The molecular formula is C15H17N3O4S2. The Morgan fingerprint density at radius 3 is 3.04 bits per heavy atom. The van der Waals surface area contributed by atoms with Gasteiger partial charge < -0.3 is 10.0 Å². The van der Waals surface area contributed by atoms with E-state index in [2.05, 4.69) is 4.98 Å². The maximum atomic E-state index is 12.3. The molecule has 9 heteroatoms. The third-order valence-electron chi connectivity index (χ3n) is 3.94. The minimum absolute atomic E-state index is 0.134. The van der Waals surface area contributed by atoms with Gasteiger partial charge in [0.05, 0.1) is 11.4 Å². The Morgan fingerprint density at radius 1 is 1.42 bits per heavy atom. The third-order valence-corrected chi connectivity index (χ3v) is 5.65. The average Bonchev–Trinajstić information content (AvgIpc) is 3.04. The summed E-state index contributed by atoms with van der Waals surface area (Å²) in [4.78, 5) is 41.9. The largest absolute Gasteiger partial charge is 0.480 e. The molecule has 1 amide bonds. The van der Waals surface area contributed by atoms with Crippen molar-refractivity contribution < 1.29 is 14.7 Å². The Bertz CT molecular complexity index is 816. The second-order valence-electron chi connectivity index (χ2n) is 5.57. The highest BCUT2D eigenvalue weighted by atomic mass is 32.2. The first-order valence-electron chi connectivity index (χ1n) is 7.62. The van der Waals surface area contributed by atoms with E-state index in [1.165, 1.54) is 38.5 Å². The second kappa shape index (κ2) is 7.35. The minimum atomic E-state index is -0.939. The highest BCUT2D eigenvalue weighted by molar-refractivity contribution is 7.99. The van der Waals surface area contributed by atoms with Crippen LogP contribution in [0.2, 0.25) is 0 Å². The highest BCUT2D eigenvalue weighted by Gasteiger charge is 2.31. The number of carbonyl (C=O) groups excluding carboxylic acids is 1. The van der Waals surface area contributed by atoms with Crippen molar-refractivity contribution in [1.29, 1.82) is 0 Å². The molecule has 3 heterocycles. The summed E-state index contributed by atoms with van der Waals surface area (Å²) < 4.78 is 1.48. The van der Waals surface area contributed by atoms with Crippen molar-refractivity contribution in [2.45, 2.75) is 31.1 Å². The zero-order valence-corrected chi connectivity index (χ0v) is 14.5. The normalized spacial score (nSPS) is 18.0. The first-order valence-corrected chi connectivity index (χ1v) is 9.65. The molecule has 0 bridgehead atoms. The van der Waals surface area contributed by atoms with Gasteiger partial charge in [0.15, 0.2) is 4.96 Å². The number of piperidine rings is 1. The highest BCUT2D eigenvalue weighted by Crippen LogP contribution is 2.20. The van der Waals surface area contributed by atoms with Gasteiger partial charge in [0.25, 0.3) is 5.56 Å². The summed E-state index contributed by atoms with van der Waals surface area (Å²) in [5.74, 6) is -0.470. The quantitative estimate of drug-likeness (QED) is 0.860. The molecule has 0 radical (unpaired) electrons. The third kappa shape index (κ3) is 3.62. The van der Waals surface area contributed by atoms with Crippen molar-refractivity contribution in [2.75, 3.05) is 12.3 Å². The summed E-state index contributed by atoms with van der Waals surface area (Å²) in [5, 5.41) is 11.0. The maximum absolute atomic E-state index is 12.3. The van der Waals surface area contributed by atoms with E-state index in [1.54, 1.807) is 11.6 Å². The van der Waals surface area contributed by atoms with Gasteiger partial charge in [-0.3, -0.25) is 14.0 Å². The number of thioether (sulfide) groups is 1. The first-order chi connectivity index (χ1) is 11.6. The molecule has 128 valence electrons. The van der Waals surface area contributed by atoms with Crippen molar-refractivity contribution in [3.8, 4) is 0 Å². The molecule has 7 nitrogen and oxygen atoms in total. The number of fused-ring (bicyclic) bond motifs is 1. The van der Waals surface area contributed by atoms with Crippen LogP contribution in [-0.2, 0) is 15.3 Å². The molecule has 24 heavy (non-hydrogen) atoms. The lowest BCUT2D eigenvalue weighted by Gasteiger charge is -2.32. The minimum Gasteiger partial charge on any atom is -0.480 e. The molecule has 3 rings (SSSR count). The number of rotatable bonds is 5. The van der Waals surface area contributed by atoms with Crippen molar-refractivity contribution in [3.05, 3.63) is 33.7 Å². The molecule has 0 aromatic carbocycles. The van der Waals surface area contributed by atoms with Gasteiger partial charge in [-0.1, -0.05) is 0 Å². The van der Waals surface area contributed by atoms with E-state index in [1.807, 2.05) is 0 Å². The monoisotopic (exact) mass is 367 g/mol. The zero-order chi connectivity index (χ0) is 17.1. The van der Waals surface area contributed by atoms with Crippen molar-refractivity contribution in [2.24, 2.45) is 0 Å². The van der Waals surface area contributed by atoms with Gasteiger partial charge in [-0.15, -0.1) is 23.1 Å². The number of thiazole rings is 1. The number of aliphatic carboxylic acids is 1. The summed E-state index contributed by atoms with van der Waals surface area (Å²) in [5.41, 5.74) is 0.499. The van der Waals surface area contributed by atoms with Gasteiger partial charge in [-0.25, -0.2) is 9.78 Å². The predicted molar refractivity (Wildman–Crippen MR) is 92.5 cm³/mol. The van der Waals surface area contributed by atoms with Crippen molar-refractivity contribution >= 4 is 39.9 Å². The van der Waals surface area contributed by atoms with E-state index < -0.39 is 12.0 Å². The molecule has 1 fully saturated rings. The van der Waals surface area contributed by atoms with Gasteiger partial charge >= 0.3 is 5.97 Å². The van der Waals surface area contributed by atoms with E-state index in [0.717, 1.165) is 12.8 Å². The number of hydrogen-bond acceptors (Lipinski definition) is 6. The standard InChI is InChI=1S/C15H17N3O4S2/c19-12-7-10(16-15-18(12)5-6-24-15)8-23-9-13(20)17-4-2-1-3-11(17)14(21)22/h5-7,11H,1-4,8-9H2,(H,21,22)/t11-/m1/s1. The molecule has 1 aliphatic heterocycles. The lowest BCUT2D eigenvalue weighted by molar-refractivity contribution is -0.150. The van der Waals surface area contributed by atoms with E-state index in [9.17, 15) is 19.5 Å². The summed E-state index contributed by atoms with van der Waals surface area (Å²) in [6.45, 7) is 0.497. The molecule has 1 aliphatic rings. The Balaban J connectivity index is 1.59. The number of amides is 1. The molecule has 2 aromatic rings. The number of likely N-dealkylation sites (tertiary alicyclic amines) is 1. The van der Waals surface area contributed by atoms with E-state index >= 15 is 0 Å². The summed E-state index contributed by atoms with van der Waals surface area (Å²) in [7, 11) is 0. The molecule has 1 saturated heterocycles. The first kappa shape index (κ1) is 17.0. The Morgan fingerprint density at radius 2 is 2.25 bits per heavy atom. The SMILES string of the molecule is O=C(O)[C@H]1CCCCN1C(=O)CSCc1cc(=O)n2ccsc2n1. The summed E-state index contributed by atoms with van der Waals surface area (Å²) >= 11 is 2.74. The van der Waals surface area contributed by atoms with Gasteiger partial charge in [0, 0.05) is 29.9 Å². The summed E-state index contributed by atoms with van der Waals surface area (Å²) in [6.07, 6.45) is 3.87. The van der Waals surface area contributed by atoms with Crippen LogP contribution in [0.4, 0.5) is 0 Å².